The van der Waals surface area contributed by atoms with Crippen molar-refractivity contribution in [3.8, 4) is 0 Å². The summed E-state index contributed by atoms with van der Waals surface area (Å²) in [4.78, 5) is 52.2. The van der Waals surface area contributed by atoms with Crippen LogP contribution >= 0.6 is 11.6 Å². The summed E-state index contributed by atoms with van der Waals surface area (Å²) in [5.41, 5.74) is 0.332. The molecule has 4 rings (SSSR count). The van der Waals surface area contributed by atoms with Crippen molar-refractivity contribution in [1.29, 1.82) is 0 Å². The fraction of sp³-hybridized carbons (Fsp3) is 0.217. The van der Waals surface area contributed by atoms with Gasteiger partial charge < -0.3 is 0 Å². The number of fused-ring (bicyclic) bond motifs is 1. The summed E-state index contributed by atoms with van der Waals surface area (Å²) in [5, 5.41) is 2.11. The van der Waals surface area contributed by atoms with Gasteiger partial charge in [-0.15, -0.1) is 0 Å². The third kappa shape index (κ3) is 4.01. The minimum absolute atomic E-state index is 0.161. The molecule has 1 saturated heterocycles. The molecule has 158 valence electrons. The fourth-order valence-corrected chi connectivity index (χ4v) is 3.98. The van der Waals surface area contributed by atoms with Crippen molar-refractivity contribution in [2.75, 3.05) is 6.54 Å². The smallest absolute Gasteiger partial charge is 0.273 e. The first-order valence-corrected chi connectivity index (χ1v) is 10.1. The summed E-state index contributed by atoms with van der Waals surface area (Å²) < 4.78 is 13.2. The quantitative estimate of drug-likeness (QED) is 0.404. The summed E-state index contributed by atoms with van der Waals surface area (Å²) in [6, 6.07) is 10.8. The second kappa shape index (κ2) is 8.43. The minimum Gasteiger partial charge on any atom is -0.292 e. The van der Waals surface area contributed by atoms with Crippen molar-refractivity contribution in [3.63, 3.8) is 0 Å². The number of imide groups is 1. The zero-order valence-corrected chi connectivity index (χ0v) is 17.1. The van der Waals surface area contributed by atoms with Crippen molar-refractivity contribution in [2.24, 2.45) is 11.8 Å². The molecule has 0 spiro atoms. The molecule has 6 nitrogen and oxygen atoms in total. The predicted molar refractivity (Wildman–Crippen MR) is 110 cm³/mol. The van der Waals surface area contributed by atoms with Crippen molar-refractivity contribution in [2.45, 2.75) is 12.8 Å². The van der Waals surface area contributed by atoms with Crippen molar-refractivity contribution >= 4 is 35.1 Å². The predicted octanol–water partition coefficient (Wildman–Crippen LogP) is 3.67. The number of Topliss-reactive ketones (excluding diaryl/α,β-unsaturated/α-hetero) is 1. The molecule has 1 aliphatic carbocycles. The number of nitrogens with zero attached hydrogens (tertiary/aromatic N) is 2. The van der Waals surface area contributed by atoms with Gasteiger partial charge in [0, 0.05) is 16.1 Å². The third-order valence-electron chi connectivity index (χ3n) is 5.51. The molecule has 2 aliphatic rings. The maximum atomic E-state index is 13.3. The van der Waals surface area contributed by atoms with Crippen LogP contribution in [0.2, 0.25) is 5.02 Å². The molecule has 2 aromatic carbocycles. The van der Waals surface area contributed by atoms with Crippen LogP contribution in [-0.2, 0) is 9.59 Å². The Hall–Kier alpha value is -3.32. The van der Waals surface area contributed by atoms with Gasteiger partial charge in [0.05, 0.1) is 11.8 Å². The summed E-state index contributed by atoms with van der Waals surface area (Å²) in [7, 11) is 0. The van der Waals surface area contributed by atoms with Crippen molar-refractivity contribution in [1.82, 2.24) is 10.0 Å². The molecule has 3 amide bonds. The third-order valence-corrected chi connectivity index (χ3v) is 5.76. The van der Waals surface area contributed by atoms with E-state index in [1.807, 2.05) is 12.2 Å². The first kappa shape index (κ1) is 20.9. The second-order valence-corrected chi connectivity index (χ2v) is 7.88. The minimum atomic E-state index is -0.680. The molecule has 0 N–H and O–H groups in total. The van der Waals surface area contributed by atoms with Crippen LogP contribution in [0.3, 0.4) is 0 Å². The van der Waals surface area contributed by atoms with E-state index in [0.717, 1.165) is 22.2 Å². The van der Waals surface area contributed by atoms with Crippen LogP contribution < -0.4 is 0 Å². The number of allylic oxidation sites excluding steroid dienone is 2. The lowest BCUT2D eigenvalue weighted by molar-refractivity contribution is -0.154. The van der Waals surface area contributed by atoms with Crippen LogP contribution in [0.25, 0.3) is 0 Å². The van der Waals surface area contributed by atoms with Gasteiger partial charge in [0.2, 0.25) is 0 Å². The van der Waals surface area contributed by atoms with Gasteiger partial charge in [-0.1, -0.05) is 23.8 Å². The van der Waals surface area contributed by atoms with Crippen LogP contribution in [0.1, 0.15) is 33.6 Å². The average Bonchev–Trinajstić information content (AvgIpc) is 3.03. The fourth-order valence-electron chi connectivity index (χ4n) is 3.86. The molecule has 0 bridgehead atoms. The van der Waals surface area contributed by atoms with Gasteiger partial charge in [0.15, 0.2) is 5.78 Å². The SMILES string of the molecule is O=C(CN(C(=O)c1ccc(Cl)cc1)N1C(=O)C2CC=CCC2C1=O)c1ccc(F)cc1. The molecule has 0 radical (unpaired) electrons. The van der Waals surface area contributed by atoms with E-state index < -0.39 is 47.7 Å². The van der Waals surface area contributed by atoms with Crippen LogP contribution in [0.4, 0.5) is 4.39 Å². The van der Waals surface area contributed by atoms with E-state index in [2.05, 4.69) is 0 Å². The lowest BCUT2D eigenvalue weighted by Crippen LogP contribution is -2.52. The van der Waals surface area contributed by atoms with Crippen LogP contribution in [0.5, 0.6) is 0 Å². The molecule has 1 aliphatic heterocycles. The van der Waals surface area contributed by atoms with E-state index in [-0.39, 0.29) is 11.1 Å². The molecule has 31 heavy (non-hydrogen) atoms. The van der Waals surface area contributed by atoms with E-state index in [0.29, 0.717) is 17.9 Å². The lowest BCUT2D eigenvalue weighted by Gasteiger charge is -2.30. The highest BCUT2D eigenvalue weighted by Gasteiger charge is 2.51. The number of hydrazine groups is 1. The standard InChI is InChI=1S/C23H18ClFN2O4/c24-16-9-5-15(6-10-16)21(29)26(13-20(28)14-7-11-17(25)12-8-14)27-22(30)18-3-1-2-4-19(18)23(27)31/h1-2,5-12,18-19H,3-4,13H2. The van der Waals surface area contributed by atoms with Gasteiger partial charge in [-0.05, 0) is 61.4 Å². The molecule has 2 atom stereocenters. The van der Waals surface area contributed by atoms with Crippen LogP contribution in [0, 0.1) is 17.7 Å². The van der Waals surface area contributed by atoms with Crippen molar-refractivity contribution in [3.05, 3.63) is 82.6 Å². The molecule has 0 aromatic heterocycles. The maximum absolute atomic E-state index is 13.3. The van der Waals surface area contributed by atoms with Gasteiger partial charge in [-0.3, -0.25) is 19.2 Å². The molecular formula is C23H18ClFN2O4. The van der Waals surface area contributed by atoms with Crippen LogP contribution in [0.15, 0.2) is 60.7 Å². The van der Waals surface area contributed by atoms with E-state index in [9.17, 15) is 23.6 Å². The number of carbonyl (C=O) groups is 4. The Balaban J connectivity index is 1.68. The molecular weight excluding hydrogens is 423 g/mol. The van der Waals surface area contributed by atoms with Gasteiger partial charge in [-0.2, -0.15) is 5.01 Å². The largest absolute Gasteiger partial charge is 0.292 e. The first-order chi connectivity index (χ1) is 14.9. The molecule has 8 heteroatoms. The van der Waals surface area contributed by atoms with E-state index in [1.54, 1.807) is 0 Å². The van der Waals surface area contributed by atoms with Gasteiger partial charge >= 0.3 is 0 Å². The average molecular weight is 441 g/mol. The normalized spacial score (nSPS) is 20.0. The zero-order valence-electron chi connectivity index (χ0n) is 16.3. The Bertz CT molecular complexity index is 1060. The summed E-state index contributed by atoms with van der Waals surface area (Å²) in [5.74, 6) is -3.84. The van der Waals surface area contributed by atoms with Gasteiger partial charge in [-0.25, -0.2) is 9.40 Å². The van der Waals surface area contributed by atoms with E-state index in [1.165, 1.54) is 36.4 Å². The Labute approximate surface area is 182 Å². The maximum Gasteiger partial charge on any atom is 0.273 e. The Morgan fingerprint density at radius 1 is 0.903 bits per heavy atom. The van der Waals surface area contributed by atoms with Gasteiger partial charge in [0.1, 0.15) is 12.4 Å². The topological polar surface area (TPSA) is 74.8 Å². The first-order valence-electron chi connectivity index (χ1n) is 9.75. The molecule has 0 saturated carbocycles. The Morgan fingerprint density at radius 3 is 1.97 bits per heavy atom. The number of hydrogen-bond acceptors (Lipinski definition) is 4. The Morgan fingerprint density at radius 2 is 1.42 bits per heavy atom. The summed E-state index contributed by atoms with van der Waals surface area (Å²) >= 11 is 5.89. The molecule has 1 fully saturated rings. The number of hydrogen-bond donors (Lipinski definition) is 0. The number of benzene rings is 2. The Kier molecular flexibility index (Phi) is 5.69. The number of amides is 3. The highest BCUT2D eigenvalue weighted by Crippen LogP contribution is 2.36. The van der Waals surface area contributed by atoms with Crippen molar-refractivity contribution < 1.29 is 23.6 Å². The summed E-state index contributed by atoms with van der Waals surface area (Å²) in [6.45, 7) is -0.544. The number of halogens is 2. The van der Waals surface area contributed by atoms with E-state index >= 15 is 0 Å². The monoisotopic (exact) mass is 440 g/mol. The second-order valence-electron chi connectivity index (χ2n) is 7.44. The lowest BCUT2D eigenvalue weighted by atomic mass is 9.85. The van der Waals surface area contributed by atoms with Crippen LogP contribution in [-0.4, -0.2) is 40.1 Å². The zero-order chi connectivity index (χ0) is 22.1. The number of rotatable bonds is 5. The molecule has 1 heterocycles. The molecule has 2 unspecified atom stereocenters. The highest BCUT2D eigenvalue weighted by atomic mass is 35.5. The van der Waals surface area contributed by atoms with E-state index in [4.69, 9.17) is 11.6 Å². The summed E-state index contributed by atoms with van der Waals surface area (Å²) in [6.07, 6.45) is 4.48. The highest BCUT2D eigenvalue weighted by molar-refractivity contribution is 6.30. The van der Waals surface area contributed by atoms with Gasteiger partial charge in [0.25, 0.3) is 17.7 Å². The molecule has 2 aromatic rings. The number of ketones is 1. The number of carbonyl (C=O) groups excluding carboxylic acids is 4.